The Morgan fingerprint density at radius 2 is 1.71 bits per heavy atom. The number of halogens is 3. The van der Waals surface area contributed by atoms with Gasteiger partial charge in [-0.3, -0.25) is 0 Å². The predicted octanol–water partition coefficient (Wildman–Crippen LogP) is 4.86. The van der Waals surface area contributed by atoms with Crippen LogP contribution in [-0.4, -0.2) is 11.7 Å². The van der Waals surface area contributed by atoms with Crippen molar-refractivity contribution < 1.29 is 18.3 Å². The van der Waals surface area contributed by atoms with Gasteiger partial charge >= 0.3 is 6.18 Å². The van der Waals surface area contributed by atoms with Gasteiger partial charge < -0.3 is 5.11 Å². The Hall–Kier alpha value is -1.81. The molecule has 0 fully saturated rings. The summed E-state index contributed by atoms with van der Waals surface area (Å²) in [5, 5.41) is 9.28. The summed E-state index contributed by atoms with van der Waals surface area (Å²) >= 11 is 0. The van der Waals surface area contributed by atoms with Gasteiger partial charge in [-0.2, -0.15) is 13.2 Å². The summed E-state index contributed by atoms with van der Waals surface area (Å²) in [4.78, 5) is 0. The van der Waals surface area contributed by atoms with Crippen molar-refractivity contribution >= 4 is 0 Å². The van der Waals surface area contributed by atoms with Crippen LogP contribution in [0.1, 0.15) is 30.4 Å². The quantitative estimate of drug-likeness (QED) is 0.854. The zero-order valence-electron chi connectivity index (χ0n) is 11.7. The third-order valence-electron chi connectivity index (χ3n) is 3.62. The monoisotopic (exact) mass is 294 g/mol. The van der Waals surface area contributed by atoms with Crippen LogP contribution in [0.15, 0.2) is 48.5 Å². The minimum absolute atomic E-state index is 0.154. The summed E-state index contributed by atoms with van der Waals surface area (Å²) in [5.74, 6) is -0.268. The highest BCUT2D eigenvalue weighted by atomic mass is 19.4. The van der Waals surface area contributed by atoms with Crippen LogP contribution in [0, 0.1) is 0 Å². The van der Waals surface area contributed by atoms with E-state index in [2.05, 4.69) is 0 Å². The van der Waals surface area contributed by atoms with Crippen molar-refractivity contribution in [2.45, 2.75) is 25.4 Å². The Labute approximate surface area is 122 Å². The molecule has 2 aromatic carbocycles. The number of benzene rings is 2. The Morgan fingerprint density at radius 3 is 2.24 bits per heavy atom. The zero-order chi connectivity index (χ0) is 15.5. The molecular weight excluding hydrogens is 277 g/mol. The van der Waals surface area contributed by atoms with E-state index in [-0.39, 0.29) is 18.1 Å². The van der Waals surface area contributed by atoms with E-state index in [4.69, 9.17) is 0 Å². The van der Waals surface area contributed by atoms with Crippen molar-refractivity contribution in [1.29, 1.82) is 0 Å². The van der Waals surface area contributed by atoms with Crippen LogP contribution in [0.5, 0.6) is 0 Å². The summed E-state index contributed by atoms with van der Waals surface area (Å²) in [6, 6.07) is 12.8. The lowest BCUT2D eigenvalue weighted by Crippen LogP contribution is -2.10. The largest absolute Gasteiger partial charge is 0.417 e. The smallest absolute Gasteiger partial charge is 0.396 e. The van der Waals surface area contributed by atoms with Crippen LogP contribution in [0.25, 0.3) is 11.1 Å². The number of hydrogen-bond donors (Lipinski definition) is 1. The van der Waals surface area contributed by atoms with Crippen molar-refractivity contribution in [3.05, 3.63) is 59.7 Å². The molecule has 1 atom stereocenters. The van der Waals surface area contributed by atoms with Crippen LogP contribution < -0.4 is 0 Å². The van der Waals surface area contributed by atoms with Gasteiger partial charge in [-0.1, -0.05) is 49.4 Å². The molecule has 0 amide bonds. The van der Waals surface area contributed by atoms with E-state index in [0.717, 1.165) is 6.07 Å². The molecule has 0 spiro atoms. The van der Waals surface area contributed by atoms with E-state index in [1.165, 1.54) is 6.07 Å². The Bertz CT molecular complexity index is 587. The van der Waals surface area contributed by atoms with E-state index in [9.17, 15) is 18.3 Å². The van der Waals surface area contributed by atoms with Gasteiger partial charge in [0.15, 0.2) is 0 Å². The van der Waals surface area contributed by atoms with Crippen LogP contribution in [0.2, 0.25) is 0 Å². The first kappa shape index (κ1) is 15.6. The summed E-state index contributed by atoms with van der Waals surface area (Å²) < 4.78 is 40.0. The summed E-state index contributed by atoms with van der Waals surface area (Å²) in [6.07, 6.45) is -3.83. The minimum atomic E-state index is -4.42. The highest BCUT2D eigenvalue weighted by molar-refractivity contribution is 5.68. The first-order valence-corrected chi connectivity index (χ1v) is 6.84. The topological polar surface area (TPSA) is 20.2 Å². The van der Waals surface area contributed by atoms with Crippen LogP contribution in [-0.2, 0) is 6.18 Å². The van der Waals surface area contributed by atoms with Crippen molar-refractivity contribution in [1.82, 2.24) is 0 Å². The number of aliphatic hydroxyl groups excluding tert-OH is 1. The second kappa shape index (κ2) is 6.31. The van der Waals surface area contributed by atoms with E-state index in [1.807, 2.05) is 6.92 Å². The molecule has 112 valence electrons. The lowest BCUT2D eigenvalue weighted by Gasteiger charge is -2.18. The molecule has 0 aliphatic rings. The third-order valence-corrected chi connectivity index (χ3v) is 3.62. The maximum atomic E-state index is 13.3. The highest BCUT2D eigenvalue weighted by Gasteiger charge is 2.34. The number of alkyl halides is 3. The fraction of sp³-hybridized carbons (Fsp3) is 0.294. The minimum Gasteiger partial charge on any atom is -0.396 e. The van der Waals surface area contributed by atoms with Gasteiger partial charge in [-0.25, -0.2) is 0 Å². The van der Waals surface area contributed by atoms with Gasteiger partial charge in [0, 0.05) is 12.5 Å². The number of hydrogen-bond acceptors (Lipinski definition) is 1. The van der Waals surface area contributed by atoms with Gasteiger partial charge in [0.2, 0.25) is 0 Å². The third kappa shape index (κ3) is 3.45. The van der Waals surface area contributed by atoms with E-state index >= 15 is 0 Å². The Kier molecular flexibility index (Phi) is 4.68. The molecule has 0 radical (unpaired) electrons. The van der Waals surface area contributed by atoms with E-state index in [0.29, 0.717) is 17.5 Å². The molecule has 0 aliphatic heterocycles. The van der Waals surface area contributed by atoms with Crippen LogP contribution >= 0.6 is 0 Å². The van der Waals surface area contributed by atoms with Gasteiger partial charge in [0.25, 0.3) is 0 Å². The molecule has 1 nitrogen and oxygen atoms in total. The average molecular weight is 294 g/mol. The van der Waals surface area contributed by atoms with Gasteiger partial charge in [0.05, 0.1) is 5.56 Å². The lowest BCUT2D eigenvalue weighted by molar-refractivity contribution is -0.137. The summed E-state index contributed by atoms with van der Waals surface area (Å²) in [5.41, 5.74) is 0.568. The molecule has 1 unspecified atom stereocenters. The first-order chi connectivity index (χ1) is 9.97. The second-order valence-corrected chi connectivity index (χ2v) is 4.96. The Morgan fingerprint density at radius 1 is 1.05 bits per heavy atom. The van der Waals surface area contributed by atoms with Gasteiger partial charge in [-0.15, -0.1) is 0 Å². The second-order valence-electron chi connectivity index (χ2n) is 4.96. The maximum Gasteiger partial charge on any atom is 0.417 e. The van der Waals surface area contributed by atoms with Crippen molar-refractivity contribution in [3.63, 3.8) is 0 Å². The van der Waals surface area contributed by atoms with E-state index in [1.54, 1.807) is 36.4 Å². The lowest BCUT2D eigenvalue weighted by atomic mass is 9.91. The predicted molar refractivity (Wildman–Crippen MR) is 77.0 cm³/mol. The normalized spacial score (nSPS) is 13.2. The fourth-order valence-corrected chi connectivity index (χ4v) is 2.39. The Balaban J connectivity index is 2.57. The highest BCUT2D eigenvalue weighted by Crippen LogP contribution is 2.39. The molecule has 4 heteroatoms. The summed E-state index contributed by atoms with van der Waals surface area (Å²) in [6.45, 7) is 1.69. The molecule has 0 bridgehead atoms. The molecule has 0 heterocycles. The molecule has 0 saturated heterocycles. The summed E-state index contributed by atoms with van der Waals surface area (Å²) in [7, 11) is 0. The molecule has 0 aromatic heterocycles. The molecule has 21 heavy (non-hydrogen) atoms. The number of rotatable bonds is 4. The maximum absolute atomic E-state index is 13.3. The number of aliphatic hydroxyl groups is 1. The molecule has 2 aromatic rings. The van der Waals surface area contributed by atoms with Crippen molar-refractivity contribution in [2.75, 3.05) is 6.61 Å². The molecule has 0 aliphatic carbocycles. The van der Waals surface area contributed by atoms with Gasteiger partial charge in [0.1, 0.15) is 0 Å². The van der Waals surface area contributed by atoms with Crippen LogP contribution in [0.3, 0.4) is 0 Å². The van der Waals surface area contributed by atoms with Gasteiger partial charge in [-0.05, 0) is 29.2 Å². The van der Waals surface area contributed by atoms with Crippen LogP contribution in [0.4, 0.5) is 13.2 Å². The fourth-order valence-electron chi connectivity index (χ4n) is 2.39. The molecule has 1 N–H and O–H groups in total. The molecule has 2 rings (SSSR count). The standard InChI is InChI=1S/C17H17F3O/c1-2-12(11-21)14-8-9-15(13-6-4-3-5-7-13)16(10-14)17(18,19)20/h3-10,12,21H,2,11H2,1H3. The zero-order valence-corrected chi connectivity index (χ0v) is 11.7. The van der Waals surface area contributed by atoms with E-state index < -0.39 is 11.7 Å². The van der Waals surface area contributed by atoms with Crippen molar-refractivity contribution in [3.8, 4) is 11.1 Å². The average Bonchev–Trinajstić information content (AvgIpc) is 2.48. The first-order valence-electron chi connectivity index (χ1n) is 6.84. The SMILES string of the molecule is CCC(CO)c1ccc(-c2ccccc2)c(C(F)(F)F)c1. The van der Waals surface area contributed by atoms with Crippen molar-refractivity contribution in [2.24, 2.45) is 0 Å². The molecular formula is C17H17F3O. The molecule has 0 saturated carbocycles.